The summed E-state index contributed by atoms with van der Waals surface area (Å²) < 4.78 is 0.966. The molecule has 2 rings (SSSR count). The normalized spacial score (nSPS) is 10.1. The molecule has 0 bridgehead atoms. The van der Waals surface area contributed by atoms with E-state index in [0.717, 1.165) is 21.5 Å². The molecule has 0 aliphatic heterocycles. The molecule has 82 valence electrons. The van der Waals surface area contributed by atoms with Crippen LogP contribution < -0.4 is 11.1 Å². The van der Waals surface area contributed by atoms with E-state index < -0.39 is 0 Å². The second-order valence-electron chi connectivity index (χ2n) is 3.37. The molecule has 0 saturated carbocycles. The molecular weight excluding hydrogens is 288 g/mol. The molecule has 0 amide bonds. The van der Waals surface area contributed by atoms with Gasteiger partial charge in [-0.1, -0.05) is 11.6 Å². The van der Waals surface area contributed by atoms with E-state index in [4.69, 9.17) is 17.3 Å². The molecule has 0 fully saturated rings. The first-order valence-electron chi connectivity index (χ1n) is 4.73. The summed E-state index contributed by atoms with van der Waals surface area (Å²) in [6.45, 7) is 0. The highest BCUT2D eigenvalue weighted by molar-refractivity contribution is 9.10. The molecule has 0 spiro atoms. The molecule has 0 unspecified atom stereocenters. The summed E-state index contributed by atoms with van der Waals surface area (Å²) in [6.07, 6.45) is 0. The molecule has 0 radical (unpaired) electrons. The Kier molecular flexibility index (Phi) is 3.36. The number of hydrogen-bond acceptors (Lipinski definition) is 2. The lowest BCUT2D eigenvalue weighted by Crippen LogP contribution is -1.92. The summed E-state index contributed by atoms with van der Waals surface area (Å²) in [5, 5.41) is 3.95. The van der Waals surface area contributed by atoms with Crippen LogP contribution in [0.1, 0.15) is 0 Å². The van der Waals surface area contributed by atoms with Gasteiger partial charge >= 0.3 is 0 Å². The van der Waals surface area contributed by atoms with Gasteiger partial charge in [0.2, 0.25) is 0 Å². The van der Waals surface area contributed by atoms with E-state index in [1.807, 2.05) is 42.5 Å². The zero-order chi connectivity index (χ0) is 11.5. The first-order chi connectivity index (χ1) is 7.65. The molecule has 2 nitrogen and oxygen atoms in total. The Hall–Kier alpha value is -1.19. The van der Waals surface area contributed by atoms with Gasteiger partial charge in [-0.3, -0.25) is 0 Å². The molecule has 16 heavy (non-hydrogen) atoms. The van der Waals surface area contributed by atoms with Crippen molar-refractivity contribution in [1.29, 1.82) is 0 Å². The van der Waals surface area contributed by atoms with Gasteiger partial charge < -0.3 is 11.1 Å². The van der Waals surface area contributed by atoms with Crippen LogP contribution in [0.4, 0.5) is 17.1 Å². The van der Waals surface area contributed by atoms with Gasteiger partial charge in [0.1, 0.15) is 0 Å². The Balaban J connectivity index is 2.26. The molecule has 4 heteroatoms. The average molecular weight is 298 g/mol. The van der Waals surface area contributed by atoms with Gasteiger partial charge in [-0.2, -0.15) is 0 Å². The Morgan fingerprint density at radius 1 is 1.06 bits per heavy atom. The zero-order valence-electron chi connectivity index (χ0n) is 8.37. The maximum absolute atomic E-state index is 5.93. The van der Waals surface area contributed by atoms with Crippen molar-refractivity contribution in [3.63, 3.8) is 0 Å². The topological polar surface area (TPSA) is 38.0 Å². The van der Waals surface area contributed by atoms with Crippen LogP contribution in [-0.2, 0) is 0 Å². The van der Waals surface area contributed by atoms with Crippen molar-refractivity contribution in [1.82, 2.24) is 0 Å². The Morgan fingerprint density at radius 2 is 1.75 bits per heavy atom. The highest BCUT2D eigenvalue weighted by Crippen LogP contribution is 2.28. The van der Waals surface area contributed by atoms with Gasteiger partial charge in [0, 0.05) is 20.9 Å². The number of anilines is 3. The molecule has 2 aromatic carbocycles. The highest BCUT2D eigenvalue weighted by atomic mass is 79.9. The minimum absolute atomic E-state index is 0.696. The molecule has 3 N–H and O–H groups in total. The van der Waals surface area contributed by atoms with Crippen molar-refractivity contribution in [2.45, 2.75) is 0 Å². The molecular formula is C12H10BrClN2. The second kappa shape index (κ2) is 4.76. The molecule has 0 aliphatic carbocycles. The van der Waals surface area contributed by atoms with Gasteiger partial charge in [-0.15, -0.1) is 0 Å². The fourth-order valence-corrected chi connectivity index (χ4v) is 1.83. The zero-order valence-corrected chi connectivity index (χ0v) is 10.7. The third kappa shape index (κ3) is 2.68. The molecule has 2 aromatic rings. The first kappa shape index (κ1) is 11.3. The second-order valence-corrected chi connectivity index (χ2v) is 4.66. The quantitative estimate of drug-likeness (QED) is 0.805. The van der Waals surface area contributed by atoms with Crippen LogP contribution >= 0.6 is 27.5 Å². The predicted octanol–water partition coefficient (Wildman–Crippen LogP) is 4.43. The first-order valence-corrected chi connectivity index (χ1v) is 5.90. The lowest BCUT2D eigenvalue weighted by Gasteiger charge is -2.09. The van der Waals surface area contributed by atoms with Crippen LogP contribution in [0.3, 0.4) is 0 Å². The molecule has 0 heterocycles. The molecule has 0 atom stereocenters. The van der Waals surface area contributed by atoms with E-state index in [0.29, 0.717) is 5.02 Å². The fraction of sp³-hybridized carbons (Fsp3) is 0. The van der Waals surface area contributed by atoms with E-state index in [9.17, 15) is 0 Å². The Labute approximate surface area is 108 Å². The number of benzene rings is 2. The number of hydrogen-bond donors (Lipinski definition) is 2. The van der Waals surface area contributed by atoms with Gasteiger partial charge in [-0.05, 0) is 58.4 Å². The van der Waals surface area contributed by atoms with E-state index in [2.05, 4.69) is 21.2 Å². The van der Waals surface area contributed by atoms with E-state index in [-0.39, 0.29) is 0 Å². The van der Waals surface area contributed by atoms with Crippen molar-refractivity contribution in [3.8, 4) is 0 Å². The van der Waals surface area contributed by atoms with Crippen LogP contribution in [0.5, 0.6) is 0 Å². The third-order valence-corrected chi connectivity index (χ3v) is 3.04. The number of halogens is 2. The van der Waals surface area contributed by atoms with Crippen LogP contribution in [0.15, 0.2) is 46.9 Å². The van der Waals surface area contributed by atoms with Crippen LogP contribution in [-0.4, -0.2) is 0 Å². The monoisotopic (exact) mass is 296 g/mol. The molecule has 0 saturated heterocycles. The Bertz CT molecular complexity index is 497. The number of nitrogen functional groups attached to an aromatic ring is 1. The summed E-state index contributed by atoms with van der Waals surface area (Å²) >= 11 is 9.38. The molecule has 0 aliphatic rings. The fourth-order valence-electron chi connectivity index (χ4n) is 1.32. The maximum atomic E-state index is 5.93. The van der Waals surface area contributed by atoms with Crippen LogP contribution in [0.25, 0.3) is 0 Å². The number of rotatable bonds is 2. The summed E-state index contributed by atoms with van der Waals surface area (Å²) in [5.74, 6) is 0. The van der Waals surface area contributed by atoms with Crippen molar-refractivity contribution < 1.29 is 0 Å². The number of nitrogens with two attached hydrogens (primary N) is 1. The van der Waals surface area contributed by atoms with Crippen molar-refractivity contribution >= 4 is 44.6 Å². The van der Waals surface area contributed by atoms with E-state index >= 15 is 0 Å². The lowest BCUT2D eigenvalue weighted by molar-refractivity contribution is 1.52. The van der Waals surface area contributed by atoms with Gasteiger partial charge in [0.05, 0.1) is 5.69 Å². The Morgan fingerprint density at radius 3 is 2.44 bits per heavy atom. The lowest BCUT2D eigenvalue weighted by atomic mass is 10.2. The largest absolute Gasteiger partial charge is 0.399 e. The van der Waals surface area contributed by atoms with E-state index in [1.165, 1.54) is 0 Å². The van der Waals surface area contributed by atoms with E-state index in [1.54, 1.807) is 0 Å². The summed E-state index contributed by atoms with van der Waals surface area (Å²) in [6, 6.07) is 13.1. The summed E-state index contributed by atoms with van der Waals surface area (Å²) in [7, 11) is 0. The third-order valence-electron chi connectivity index (χ3n) is 2.12. The van der Waals surface area contributed by atoms with Crippen LogP contribution in [0.2, 0.25) is 5.02 Å². The maximum Gasteiger partial charge on any atom is 0.0543 e. The van der Waals surface area contributed by atoms with Crippen molar-refractivity contribution in [3.05, 3.63) is 52.0 Å². The van der Waals surface area contributed by atoms with Crippen molar-refractivity contribution in [2.24, 2.45) is 0 Å². The highest BCUT2D eigenvalue weighted by Gasteiger charge is 2.01. The minimum atomic E-state index is 0.696. The van der Waals surface area contributed by atoms with Crippen molar-refractivity contribution in [2.75, 3.05) is 11.1 Å². The minimum Gasteiger partial charge on any atom is -0.399 e. The average Bonchev–Trinajstić information content (AvgIpc) is 2.27. The SMILES string of the molecule is Nc1ccc(Nc2cc(Cl)ccc2Br)cc1. The van der Waals surface area contributed by atoms with Crippen LogP contribution in [0, 0.1) is 0 Å². The smallest absolute Gasteiger partial charge is 0.0543 e. The van der Waals surface area contributed by atoms with Gasteiger partial charge in [-0.25, -0.2) is 0 Å². The molecule has 0 aromatic heterocycles. The number of nitrogens with one attached hydrogen (secondary N) is 1. The summed E-state index contributed by atoms with van der Waals surface area (Å²) in [5.41, 5.74) is 8.26. The van der Waals surface area contributed by atoms with Gasteiger partial charge in [0.15, 0.2) is 0 Å². The summed E-state index contributed by atoms with van der Waals surface area (Å²) in [4.78, 5) is 0. The standard InChI is InChI=1S/C12H10BrClN2/c13-11-6-1-8(14)7-12(11)16-10-4-2-9(15)3-5-10/h1-7,16H,15H2. The predicted molar refractivity (Wildman–Crippen MR) is 73.3 cm³/mol. The van der Waals surface area contributed by atoms with Gasteiger partial charge in [0.25, 0.3) is 0 Å².